The van der Waals surface area contributed by atoms with E-state index in [1.807, 2.05) is 30.3 Å². The van der Waals surface area contributed by atoms with Crippen molar-refractivity contribution in [2.75, 3.05) is 32.7 Å². The molecule has 1 saturated heterocycles. The summed E-state index contributed by atoms with van der Waals surface area (Å²) in [6, 6.07) is 12.2. The van der Waals surface area contributed by atoms with Crippen LogP contribution < -0.4 is 20.7 Å². The Bertz CT molecular complexity index is 1630. The number of oxime groups is 1. The van der Waals surface area contributed by atoms with Gasteiger partial charge in [-0.15, -0.1) is 0 Å². The Hall–Kier alpha value is -4.70. The lowest BCUT2D eigenvalue weighted by molar-refractivity contribution is -0.138. The molecule has 2 amide bonds. The second-order valence-electron chi connectivity index (χ2n) is 11.5. The Morgan fingerprint density at radius 2 is 1.89 bits per heavy atom. The van der Waals surface area contributed by atoms with Crippen molar-refractivity contribution in [3.05, 3.63) is 65.2 Å². The normalized spacial score (nSPS) is 21.2. The molecular formula is C30H37N7O8S. The number of aryl methyl sites for hydroxylation is 2. The van der Waals surface area contributed by atoms with Gasteiger partial charge in [-0.2, -0.15) is 4.72 Å². The zero-order chi connectivity index (χ0) is 32.9. The molecule has 5 N–H and O–H groups in total. The van der Waals surface area contributed by atoms with Crippen LogP contribution in [0.4, 0.5) is 4.79 Å². The van der Waals surface area contributed by atoms with E-state index in [1.165, 1.54) is 0 Å². The number of sulfonamides is 1. The third-order valence-corrected chi connectivity index (χ3v) is 9.74. The van der Waals surface area contributed by atoms with Crippen LogP contribution in [0.3, 0.4) is 0 Å². The maximum Gasteiger partial charge on any atom is 0.410 e. The van der Waals surface area contributed by atoms with Gasteiger partial charge in [0, 0.05) is 32.5 Å². The molecule has 2 aromatic rings. The molecule has 0 aromatic heterocycles. The molecule has 3 heterocycles. The smallest absolute Gasteiger partial charge is 0.410 e. The van der Waals surface area contributed by atoms with E-state index in [1.54, 1.807) is 36.9 Å². The molecule has 1 spiro atoms. The van der Waals surface area contributed by atoms with Crippen LogP contribution in [0.15, 0.2) is 63.6 Å². The summed E-state index contributed by atoms with van der Waals surface area (Å²) >= 11 is 0. The number of carboxylic acids is 1. The summed E-state index contributed by atoms with van der Waals surface area (Å²) < 4.78 is 33.9. The number of amides is 2. The van der Waals surface area contributed by atoms with Gasteiger partial charge in [-0.1, -0.05) is 53.7 Å². The summed E-state index contributed by atoms with van der Waals surface area (Å²) in [5, 5.41) is 22.5. The quantitative estimate of drug-likeness (QED) is 0.229. The lowest BCUT2D eigenvalue weighted by atomic mass is 9.94. The molecular weight excluding hydrogens is 618 g/mol. The third-order valence-electron chi connectivity index (χ3n) is 7.97. The molecule has 0 bridgehead atoms. The van der Waals surface area contributed by atoms with E-state index < -0.39 is 46.2 Å². The molecule has 0 aliphatic carbocycles. The standard InChI is InChI=1S/C30H37N7O8S/c1-19-7-6-8-20(2)25(19)46(42,43)36-24(27(39)40)16-33-26(38)23-14-30(45-35-23)13-22(15-34-28-31-11-12-32-28)37(18-30)29(41)44-17-21-9-4-3-5-10-21/h3-10,22,24,36H,11-18H2,1-2H3,(H,33,38)(H,39,40)(H2,31,32,34)/t22?,24?,30-/m0/s1. The van der Waals surface area contributed by atoms with Gasteiger partial charge in [-0.3, -0.25) is 19.5 Å². The zero-order valence-electron chi connectivity index (χ0n) is 25.5. The van der Waals surface area contributed by atoms with E-state index in [-0.39, 0.29) is 36.2 Å². The number of hydrogen-bond donors (Lipinski definition) is 5. The van der Waals surface area contributed by atoms with Gasteiger partial charge in [-0.05, 0) is 30.5 Å². The molecule has 0 saturated carbocycles. The Morgan fingerprint density at radius 3 is 2.57 bits per heavy atom. The number of carboxylic acid groups (broad SMARTS) is 1. The van der Waals surface area contributed by atoms with E-state index in [9.17, 15) is 27.9 Å². The molecule has 3 atom stereocenters. The molecule has 1 fully saturated rings. The summed E-state index contributed by atoms with van der Waals surface area (Å²) in [6.45, 7) is 4.57. The SMILES string of the molecule is Cc1cccc(C)c1S(=O)(=O)NC(CNC(=O)C1=NO[C@]2(C1)CC(CNC1=NCCN1)N(C(=O)OCc1ccccc1)C2)C(=O)O. The molecule has 3 aliphatic rings. The van der Waals surface area contributed by atoms with Crippen molar-refractivity contribution < 1.29 is 37.5 Å². The molecule has 246 valence electrons. The second-order valence-corrected chi connectivity index (χ2v) is 13.1. The van der Waals surface area contributed by atoms with Crippen LogP contribution in [0.25, 0.3) is 0 Å². The first-order valence-electron chi connectivity index (χ1n) is 14.8. The predicted octanol–water partition coefficient (Wildman–Crippen LogP) is 0.626. The first-order chi connectivity index (χ1) is 22.0. The molecule has 2 aromatic carbocycles. The number of rotatable bonds is 11. The monoisotopic (exact) mass is 655 g/mol. The number of carbonyl (C=O) groups excluding carboxylic acids is 2. The minimum absolute atomic E-state index is 0.00482. The van der Waals surface area contributed by atoms with Gasteiger partial charge in [0.2, 0.25) is 10.0 Å². The van der Waals surface area contributed by atoms with E-state index in [4.69, 9.17) is 9.57 Å². The zero-order valence-corrected chi connectivity index (χ0v) is 26.3. The topological polar surface area (TPSA) is 200 Å². The largest absolute Gasteiger partial charge is 0.480 e. The van der Waals surface area contributed by atoms with Crippen LogP contribution in [0, 0.1) is 13.8 Å². The second kappa shape index (κ2) is 13.7. The summed E-state index contributed by atoms with van der Waals surface area (Å²) in [7, 11) is -4.21. The van der Waals surface area contributed by atoms with Crippen LogP contribution in [0.5, 0.6) is 0 Å². The highest BCUT2D eigenvalue weighted by atomic mass is 32.2. The molecule has 0 radical (unpaired) electrons. The van der Waals surface area contributed by atoms with Crippen molar-refractivity contribution in [1.29, 1.82) is 0 Å². The Labute approximate surface area is 266 Å². The van der Waals surface area contributed by atoms with Crippen molar-refractivity contribution in [1.82, 2.24) is 25.6 Å². The van der Waals surface area contributed by atoms with Crippen LogP contribution in [-0.2, 0) is 35.8 Å². The number of likely N-dealkylation sites (tertiary alicyclic amines) is 1. The van der Waals surface area contributed by atoms with Crippen molar-refractivity contribution in [2.45, 2.75) is 55.9 Å². The molecule has 3 aliphatic heterocycles. The summed E-state index contributed by atoms with van der Waals surface area (Å²) in [5.41, 5.74) is 0.735. The average Bonchev–Trinajstić information content (AvgIpc) is 3.78. The minimum Gasteiger partial charge on any atom is -0.480 e. The highest BCUT2D eigenvalue weighted by molar-refractivity contribution is 7.89. The highest BCUT2D eigenvalue weighted by Crippen LogP contribution is 2.38. The van der Waals surface area contributed by atoms with E-state index in [0.717, 1.165) is 5.56 Å². The minimum atomic E-state index is -4.21. The van der Waals surface area contributed by atoms with Gasteiger partial charge < -0.3 is 30.6 Å². The Balaban J connectivity index is 1.21. The van der Waals surface area contributed by atoms with Crippen molar-refractivity contribution in [2.24, 2.45) is 10.1 Å². The number of carbonyl (C=O) groups is 3. The maximum atomic E-state index is 13.2. The van der Waals surface area contributed by atoms with Crippen LogP contribution in [0.2, 0.25) is 0 Å². The molecule has 5 rings (SSSR count). The number of guanidine groups is 1. The Morgan fingerprint density at radius 1 is 1.15 bits per heavy atom. The Kier molecular flexibility index (Phi) is 9.76. The van der Waals surface area contributed by atoms with Crippen LogP contribution in [0.1, 0.15) is 29.5 Å². The van der Waals surface area contributed by atoms with Gasteiger partial charge in [0.25, 0.3) is 5.91 Å². The van der Waals surface area contributed by atoms with Crippen LogP contribution >= 0.6 is 0 Å². The van der Waals surface area contributed by atoms with Gasteiger partial charge in [0.15, 0.2) is 11.6 Å². The van der Waals surface area contributed by atoms with Crippen molar-refractivity contribution in [3.8, 4) is 0 Å². The first-order valence-corrected chi connectivity index (χ1v) is 16.3. The molecule has 15 nitrogen and oxygen atoms in total. The number of benzene rings is 2. The van der Waals surface area contributed by atoms with Crippen molar-refractivity contribution >= 4 is 39.7 Å². The van der Waals surface area contributed by atoms with Gasteiger partial charge >= 0.3 is 12.1 Å². The third kappa shape index (κ3) is 7.56. The van der Waals surface area contributed by atoms with Gasteiger partial charge in [0.05, 0.1) is 24.0 Å². The molecule has 16 heteroatoms. The first kappa shape index (κ1) is 32.7. The number of nitrogens with one attached hydrogen (secondary N) is 4. The summed E-state index contributed by atoms with van der Waals surface area (Å²) in [5.74, 6) is -1.55. The lowest BCUT2D eigenvalue weighted by Crippen LogP contribution is -2.49. The predicted molar refractivity (Wildman–Crippen MR) is 167 cm³/mol. The van der Waals surface area contributed by atoms with E-state index in [0.29, 0.717) is 43.1 Å². The fourth-order valence-electron chi connectivity index (χ4n) is 5.76. The number of aliphatic carboxylic acids is 1. The average molecular weight is 656 g/mol. The molecule has 2 unspecified atom stereocenters. The number of hydrogen-bond acceptors (Lipinski definition) is 11. The van der Waals surface area contributed by atoms with Crippen LogP contribution in [-0.4, -0.2) is 98.5 Å². The van der Waals surface area contributed by atoms with Gasteiger partial charge in [0.1, 0.15) is 18.4 Å². The number of nitrogens with zero attached hydrogens (tertiary/aromatic N) is 3. The fraction of sp³-hybridized carbons (Fsp3) is 0.433. The maximum absolute atomic E-state index is 13.2. The van der Waals surface area contributed by atoms with E-state index >= 15 is 0 Å². The number of aliphatic imine (C=N–C) groups is 1. The number of ether oxygens (including phenoxy) is 1. The molecule has 46 heavy (non-hydrogen) atoms. The van der Waals surface area contributed by atoms with Gasteiger partial charge in [-0.25, -0.2) is 13.2 Å². The lowest BCUT2D eigenvalue weighted by Gasteiger charge is -2.24. The highest BCUT2D eigenvalue weighted by Gasteiger charge is 2.53. The fourth-order valence-corrected chi connectivity index (χ4v) is 7.42. The van der Waals surface area contributed by atoms with E-state index in [2.05, 4.69) is 30.8 Å². The van der Waals surface area contributed by atoms with Crippen molar-refractivity contribution in [3.63, 3.8) is 0 Å². The summed E-state index contributed by atoms with van der Waals surface area (Å²) in [6.07, 6.45) is -0.166. The summed E-state index contributed by atoms with van der Waals surface area (Å²) in [4.78, 5) is 49.9.